The van der Waals surface area contributed by atoms with Gasteiger partial charge in [-0.05, 0) is 17.7 Å². The van der Waals surface area contributed by atoms with Gasteiger partial charge in [0.25, 0.3) is 0 Å². The Morgan fingerprint density at radius 3 is 2.43 bits per heavy atom. The van der Waals surface area contributed by atoms with E-state index in [-0.39, 0.29) is 12.4 Å². The highest BCUT2D eigenvalue weighted by molar-refractivity contribution is 6.30. The van der Waals surface area contributed by atoms with Crippen LogP contribution in [0.25, 0.3) is 5.57 Å². The molecule has 1 N–H and O–H groups in total. The number of rotatable bonds is 1. The van der Waals surface area contributed by atoms with Gasteiger partial charge in [-0.3, -0.25) is 0 Å². The van der Waals surface area contributed by atoms with Gasteiger partial charge in [-0.1, -0.05) is 23.7 Å². The summed E-state index contributed by atoms with van der Waals surface area (Å²) in [6, 6.07) is 6.85. The molecule has 0 atom stereocenters. The third-order valence-electron chi connectivity index (χ3n) is 2.02. The predicted octanol–water partition coefficient (Wildman–Crippen LogP) is 2.17. The predicted molar refractivity (Wildman–Crippen MR) is 52.0 cm³/mol. The van der Waals surface area contributed by atoms with Crippen molar-refractivity contribution >= 4 is 23.1 Å². The number of hydrogen-bond donors (Lipinski definition) is 1. The molecule has 14 heavy (non-hydrogen) atoms. The van der Waals surface area contributed by atoms with Gasteiger partial charge in [0.1, 0.15) is 6.61 Å². The van der Waals surface area contributed by atoms with E-state index >= 15 is 0 Å². The van der Waals surface area contributed by atoms with E-state index in [1.807, 2.05) is 0 Å². The average molecular weight is 211 g/mol. The summed E-state index contributed by atoms with van der Waals surface area (Å²) in [5, 5.41) is 9.96. The van der Waals surface area contributed by atoms with E-state index in [1.54, 1.807) is 24.3 Å². The van der Waals surface area contributed by atoms with E-state index in [9.17, 15) is 9.90 Å². The molecule has 3 nitrogen and oxygen atoms in total. The number of benzene rings is 1. The van der Waals surface area contributed by atoms with E-state index < -0.39 is 5.97 Å². The average Bonchev–Trinajstić information content (AvgIpc) is 2.50. The summed E-state index contributed by atoms with van der Waals surface area (Å²) >= 11 is 5.71. The number of hydrogen-bond acceptors (Lipinski definition) is 3. The van der Waals surface area contributed by atoms with E-state index in [1.165, 1.54) is 0 Å². The molecular weight excluding hydrogens is 204 g/mol. The number of aliphatic hydroxyl groups is 1. The van der Waals surface area contributed by atoms with Crippen LogP contribution in [0.2, 0.25) is 5.02 Å². The van der Waals surface area contributed by atoms with Gasteiger partial charge in [-0.2, -0.15) is 0 Å². The summed E-state index contributed by atoms with van der Waals surface area (Å²) in [7, 11) is 0. The molecule has 2 rings (SSSR count). The topological polar surface area (TPSA) is 46.5 Å². The summed E-state index contributed by atoms with van der Waals surface area (Å²) in [5.41, 5.74) is 1.25. The number of ether oxygens (including phenoxy) is 1. The summed E-state index contributed by atoms with van der Waals surface area (Å²) < 4.78 is 4.67. The molecule has 0 saturated carbocycles. The number of aliphatic hydroxyl groups excluding tert-OH is 1. The van der Waals surface area contributed by atoms with Crippen molar-refractivity contribution in [3.8, 4) is 0 Å². The van der Waals surface area contributed by atoms with Gasteiger partial charge >= 0.3 is 5.97 Å². The monoisotopic (exact) mass is 210 g/mol. The molecular formula is C10H7ClO3. The third-order valence-corrected chi connectivity index (χ3v) is 2.27. The lowest BCUT2D eigenvalue weighted by Crippen LogP contribution is -1.97. The summed E-state index contributed by atoms with van der Waals surface area (Å²) in [5.74, 6) is -0.984. The Balaban J connectivity index is 2.41. The molecule has 0 bridgehead atoms. The second-order valence-corrected chi connectivity index (χ2v) is 3.35. The highest BCUT2D eigenvalue weighted by Gasteiger charge is 2.24. The van der Waals surface area contributed by atoms with E-state index in [0.717, 1.165) is 5.56 Å². The molecule has 0 spiro atoms. The van der Waals surface area contributed by atoms with Crippen molar-refractivity contribution in [3.05, 3.63) is 40.6 Å². The minimum Gasteiger partial charge on any atom is -0.502 e. The Bertz CT molecular complexity index is 406. The zero-order valence-electron chi connectivity index (χ0n) is 7.16. The van der Waals surface area contributed by atoms with Crippen molar-refractivity contribution in [2.75, 3.05) is 6.61 Å². The van der Waals surface area contributed by atoms with Crippen LogP contribution in [-0.4, -0.2) is 17.7 Å². The molecule has 1 aliphatic heterocycles. The highest BCUT2D eigenvalue weighted by Crippen LogP contribution is 2.25. The van der Waals surface area contributed by atoms with Crippen molar-refractivity contribution in [1.82, 2.24) is 0 Å². The van der Waals surface area contributed by atoms with Crippen LogP contribution in [0.3, 0.4) is 0 Å². The van der Waals surface area contributed by atoms with Crippen molar-refractivity contribution < 1.29 is 14.6 Å². The lowest BCUT2D eigenvalue weighted by Gasteiger charge is -1.99. The Morgan fingerprint density at radius 2 is 1.93 bits per heavy atom. The maximum absolute atomic E-state index is 10.9. The van der Waals surface area contributed by atoms with Gasteiger partial charge in [-0.15, -0.1) is 0 Å². The van der Waals surface area contributed by atoms with E-state index in [2.05, 4.69) is 4.74 Å². The van der Waals surface area contributed by atoms with Crippen LogP contribution < -0.4 is 0 Å². The van der Waals surface area contributed by atoms with Crippen LogP contribution in [0.1, 0.15) is 5.56 Å². The van der Waals surface area contributed by atoms with Gasteiger partial charge in [0.05, 0.1) is 0 Å². The first-order chi connectivity index (χ1) is 6.68. The fraction of sp³-hybridized carbons (Fsp3) is 0.100. The maximum atomic E-state index is 10.9. The van der Waals surface area contributed by atoms with Gasteiger partial charge < -0.3 is 9.84 Å². The summed E-state index contributed by atoms with van der Waals surface area (Å²) in [6.07, 6.45) is 0. The van der Waals surface area contributed by atoms with Crippen LogP contribution >= 0.6 is 11.6 Å². The number of carbonyl (C=O) groups is 1. The molecule has 0 aromatic heterocycles. The molecule has 0 amide bonds. The van der Waals surface area contributed by atoms with E-state index in [0.29, 0.717) is 10.6 Å². The minimum absolute atomic E-state index is 0.117. The first-order valence-electron chi connectivity index (χ1n) is 4.03. The second kappa shape index (κ2) is 3.35. The molecule has 0 radical (unpaired) electrons. The molecule has 72 valence electrons. The lowest BCUT2D eigenvalue weighted by molar-refractivity contribution is -0.138. The molecule has 1 aliphatic rings. The van der Waals surface area contributed by atoms with Gasteiger partial charge in [0.2, 0.25) is 5.76 Å². The molecule has 0 saturated heterocycles. The van der Waals surface area contributed by atoms with Gasteiger partial charge in [-0.25, -0.2) is 4.79 Å². The fourth-order valence-corrected chi connectivity index (χ4v) is 1.39. The van der Waals surface area contributed by atoms with Crippen LogP contribution in [0.4, 0.5) is 0 Å². The zero-order chi connectivity index (χ0) is 10.1. The van der Waals surface area contributed by atoms with Crippen molar-refractivity contribution in [2.24, 2.45) is 0 Å². The fourth-order valence-electron chi connectivity index (χ4n) is 1.27. The Kier molecular flexibility index (Phi) is 2.17. The normalized spacial score (nSPS) is 15.9. The Morgan fingerprint density at radius 1 is 1.29 bits per heavy atom. The maximum Gasteiger partial charge on any atom is 0.374 e. The van der Waals surface area contributed by atoms with Crippen LogP contribution in [0, 0.1) is 0 Å². The number of cyclic esters (lactones) is 1. The van der Waals surface area contributed by atoms with Crippen molar-refractivity contribution in [1.29, 1.82) is 0 Å². The molecule has 1 heterocycles. The smallest absolute Gasteiger partial charge is 0.374 e. The Hall–Kier alpha value is -1.48. The van der Waals surface area contributed by atoms with Gasteiger partial charge in [0.15, 0.2) is 0 Å². The van der Waals surface area contributed by atoms with Gasteiger partial charge in [0, 0.05) is 10.6 Å². The number of esters is 1. The third kappa shape index (κ3) is 1.46. The SMILES string of the molecule is O=C1OCC(c2ccc(Cl)cc2)=C1O. The first kappa shape index (κ1) is 9.09. The molecule has 0 aliphatic carbocycles. The standard InChI is InChI=1S/C10H7ClO3/c11-7-3-1-6(2-4-7)8-5-14-10(13)9(8)12/h1-4,12H,5H2. The molecule has 0 fully saturated rings. The van der Waals surface area contributed by atoms with Crippen LogP contribution in [-0.2, 0) is 9.53 Å². The quantitative estimate of drug-likeness (QED) is 0.723. The highest BCUT2D eigenvalue weighted by atomic mass is 35.5. The second-order valence-electron chi connectivity index (χ2n) is 2.91. The molecule has 0 unspecified atom stereocenters. The molecule has 1 aromatic rings. The zero-order valence-corrected chi connectivity index (χ0v) is 7.91. The lowest BCUT2D eigenvalue weighted by atomic mass is 10.1. The minimum atomic E-state index is -0.671. The van der Waals surface area contributed by atoms with Crippen LogP contribution in [0.5, 0.6) is 0 Å². The first-order valence-corrected chi connectivity index (χ1v) is 4.41. The molecule has 4 heteroatoms. The largest absolute Gasteiger partial charge is 0.502 e. The Labute approximate surface area is 85.6 Å². The van der Waals surface area contributed by atoms with E-state index in [4.69, 9.17) is 11.6 Å². The summed E-state index contributed by atoms with van der Waals surface area (Å²) in [6.45, 7) is 0.117. The number of halogens is 1. The van der Waals surface area contributed by atoms with Crippen molar-refractivity contribution in [2.45, 2.75) is 0 Å². The summed E-state index contributed by atoms with van der Waals surface area (Å²) in [4.78, 5) is 10.9. The molecule has 1 aromatic carbocycles. The number of carbonyl (C=O) groups excluding carboxylic acids is 1. The van der Waals surface area contributed by atoms with Crippen LogP contribution in [0.15, 0.2) is 30.0 Å². The van der Waals surface area contributed by atoms with Crippen molar-refractivity contribution in [3.63, 3.8) is 0 Å².